The van der Waals surface area contributed by atoms with Crippen molar-refractivity contribution < 1.29 is 0 Å². The van der Waals surface area contributed by atoms with Crippen LogP contribution in [0.3, 0.4) is 0 Å². The van der Waals surface area contributed by atoms with Gasteiger partial charge in [-0.3, -0.25) is 0 Å². The number of hydrogen-bond acceptors (Lipinski definition) is 3. The van der Waals surface area contributed by atoms with Gasteiger partial charge in [-0.1, -0.05) is 19.4 Å². The lowest BCUT2D eigenvalue weighted by Gasteiger charge is -2.20. The first-order valence-corrected chi connectivity index (χ1v) is 7.06. The number of hydrogen-bond donors (Lipinski definition) is 1. The number of aryl methyl sites for hydroxylation is 1. The molecule has 3 nitrogen and oxygen atoms in total. The monoisotopic (exact) mass is 247 g/mol. The Morgan fingerprint density at radius 2 is 2.33 bits per heavy atom. The summed E-state index contributed by atoms with van der Waals surface area (Å²) in [6.45, 7) is 8.79. The topological polar surface area (TPSA) is 42.2 Å². The molecule has 0 radical (unpaired) electrons. The third-order valence-corrected chi connectivity index (χ3v) is 3.83. The molecule has 2 heterocycles. The summed E-state index contributed by atoms with van der Waals surface area (Å²) >= 11 is 0. The molecular formula is C15H25N3. The normalized spacial score (nSPS) is 21.3. The maximum absolute atomic E-state index is 5.83. The molecule has 2 N–H and O–H groups in total. The fourth-order valence-corrected chi connectivity index (χ4v) is 2.80. The minimum atomic E-state index is 0.202. The van der Waals surface area contributed by atoms with Gasteiger partial charge >= 0.3 is 0 Å². The zero-order chi connectivity index (χ0) is 13.1. The quantitative estimate of drug-likeness (QED) is 0.889. The molecule has 0 aliphatic carbocycles. The van der Waals surface area contributed by atoms with Gasteiger partial charge in [-0.25, -0.2) is 4.98 Å². The van der Waals surface area contributed by atoms with Crippen LogP contribution >= 0.6 is 0 Å². The molecule has 18 heavy (non-hydrogen) atoms. The average molecular weight is 247 g/mol. The molecule has 100 valence electrons. The molecule has 0 spiro atoms. The highest BCUT2D eigenvalue weighted by Gasteiger charge is 2.23. The van der Waals surface area contributed by atoms with E-state index < -0.39 is 0 Å². The van der Waals surface area contributed by atoms with E-state index in [4.69, 9.17) is 5.73 Å². The smallest absolute Gasteiger partial charge is 0.131 e. The summed E-state index contributed by atoms with van der Waals surface area (Å²) in [6, 6.07) is 2.44. The van der Waals surface area contributed by atoms with Crippen LogP contribution in [0, 0.1) is 12.8 Å². The highest BCUT2D eigenvalue weighted by molar-refractivity contribution is 5.48. The van der Waals surface area contributed by atoms with Gasteiger partial charge in [0.05, 0.1) is 0 Å². The third-order valence-electron chi connectivity index (χ3n) is 3.83. The summed E-state index contributed by atoms with van der Waals surface area (Å²) in [4.78, 5) is 7.08. The maximum atomic E-state index is 5.83. The summed E-state index contributed by atoms with van der Waals surface area (Å²) in [5, 5.41) is 0. The number of nitrogens with two attached hydrogens (primary N) is 1. The lowest BCUT2D eigenvalue weighted by Crippen LogP contribution is -2.22. The first-order valence-electron chi connectivity index (χ1n) is 7.06. The number of anilines is 1. The molecule has 1 aromatic heterocycles. The van der Waals surface area contributed by atoms with Gasteiger partial charge in [0.15, 0.2) is 0 Å². The first-order chi connectivity index (χ1) is 8.60. The Morgan fingerprint density at radius 3 is 2.89 bits per heavy atom. The van der Waals surface area contributed by atoms with Gasteiger partial charge in [-0.05, 0) is 43.7 Å². The molecule has 0 aromatic carbocycles. The van der Waals surface area contributed by atoms with Gasteiger partial charge in [0.25, 0.3) is 0 Å². The van der Waals surface area contributed by atoms with Crippen molar-refractivity contribution >= 4 is 5.82 Å². The van der Waals surface area contributed by atoms with E-state index in [9.17, 15) is 0 Å². The molecular weight excluding hydrogens is 222 g/mol. The maximum Gasteiger partial charge on any atom is 0.131 e. The van der Waals surface area contributed by atoms with Gasteiger partial charge in [0.2, 0.25) is 0 Å². The molecule has 0 saturated carbocycles. The van der Waals surface area contributed by atoms with Gasteiger partial charge in [-0.2, -0.15) is 0 Å². The fraction of sp³-hybridized carbons (Fsp3) is 0.667. The van der Waals surface area contributed by atoms with E-state index in [0.29, 0.717) is 0 Å². The molecule has 1 saturated heterocycles. The zero-order valence-electron chi connectivity index (χ0n) is 11.8. The van der Waals surface area contributed by atoms with E-state index in [2.05, 4.69) is 29.8 Å². The molecule has 2 rings (SSSR count). The van der Waals surface area contributed by atoms with Crippen LogP contribution in [0.1, 0.15) is 37.8 Å². The summed E-state index contributed by atoms with van der Waals surface area (Å²) < 4.78 is 0. The molecule has 0 amide bonds. The molecule has 3 heteroatoms. The van der Waals surface area contributed by atoms with E-state index in [1.807, 2.05) is 13.1 Å². The number of rotatable bonds is 4. The zero-order valence-corrected chi connectivity index (χ0v) is 11.8. The molecule has 1 aromatic rings. The van der Waals surface area contributed by atoms with Crippen molar-refractivity contribution in [2.45, 2.75) is 46.1 Å². The van der Waals surface area contributed by atoms with Crippen LogP contribution in [0.5, 0.6) is 0 Å². The van der Waals surface area contributed by atoms with E-state index in [1.54, 1.807) is 0 Å². The van der Waals surface area contributed by atoms with Crippen LogP contribution in [0.2, 0.25) is 0 Å². The van der Waals surface area contributed by atoms with Gasteiger partial charge in [0, 0.05) is 25.3 Å². The van der Waals surface area contributed by atoms with Crippen LogP contribution in [0.25, 0.3) is 0 Å². The molecule has 1 aliphatic rings. The van der Waals surface area contributed by atoms with Crippen molar-refractivity contribution in [1.82, 2.24) is 4.98 Å². The predicted molar refractivity (Wildman–Crippen MR) is 76.9 cm³/mol. The lowest BCUT2D eigenvalue weighted by molar-refractivity contribution is 0.568. The van der Waals surface area contributed by atoms with Crippen LogP contribution in [-0.2, 0) is 6.42 Å². The average Bonchev–Trinajstić information content (AvgIpc) is 2.76. The minimum absolute atomic E-state index is 0.202. The predicted octanol–water partition coefficient (Wildman–Crippen LogP) is 2.52. The largest absolute Gasteiger partial charge is 0.356 e. The van der Waals surface area contributed by atoms with Crippen molar-refractivity contribution in [3.05, 3.63) is 23.4 Å². The Balaban J connectivity index is 2.10. The summed E-state index contributed by atoms with van der Waals surface area (Å²) in [7, 11) is 0. The molecule has 0 bridgehead atoms. The Bertz CT molecular complexity index is 401. The Labute approximate surface area is 110 Å². The number of pyridine rings is 1. The van der Waals surface area contributed by atoms with Crippen molar-refractivity contribution in [2.24, 2.45) is 11.7 Å². The van der Waals surface area contributed by atoms with Crippen molar-refractivity contribution in [3.8, 4) is 0 Å². The highest BCUT2D eigenvalue weighted by atomic mass is 15.2. The standard InChI is InChI=1S/C15H25N3/c1-4-13-5-6-18(10-13)15-11(2)7-14(9-17-15)8-12(3)16/h7,9,12-13H,4-6,8,10,16H2,1-3H3. The van der Waals surface area contributed by atoms with Crippen molar-refractivity contribution in [3.63, 3.8) is 0 Å². The molecule has 2 atom stereocenters. The Hall–Kier alpha value is -1.09. The first kappa shape index (κ1) is 13.3. The second kappa shape index (κ2) is 5.70. The number of aromatic nitrogens is 1. The lowest BCUT2D eigenvalue weighted by atomic mass is 10.1. The molecule has 2 unspecified atom stereocenters. The summed E-state index contributed by atoms with van der Waals surface area (Å²) in [6.07, 6.45) is 5.48. The summed E-state index contributed by atoms with van der Waals surface area (Å²) in [5.74, 6) is 2.01. The Kier molecular flexibility index (Phi) is 4.23. The van der Waals surface area contributed by atoms with Crippen molar-refractivity contribution in [2.75, 3.05) is 18.0 Å². The molecule has 1 aliphatic heterocycles. The SMILES string of the molecule is CCC1CCN(c2ncc(CC(C)N)cc2C)C1. The fourth-order valence-electron chi connectivity index (χ4n) is 2.80. The summed E-state index contributed by atoms with van der Waals surface area (Å²) in [5.41, 5.74) is 8.36. The van der Waals surface area contributed by atoms with Gasteiger partial charge in [0.1, 0.15) is 5.82 Å². The van der Waals surface area contributed by atoms with E-state index in [0.717, 1.165) is 25.4 Å². The van der Waals surface area contributed by atoms with Gasteiger partial charge < -0.3 is 10.6 Å². The molecule has 1 fully saturated rings. The third kappa shape index (κ3) is 3.02. The Morgan fingerprint density at radius 1 is 1.56 bits per heavy atom. The van der Waals surface area contributed by atoms with E-state index in [-0.39, 0.29) is 6.04 Å². The van der Waals surface area contributed by atoms with Gasteiger partial charge in [-0.15, -0.1) is 0 Å². The van der Waals surface area contributed by atoms with E-state index >= 15 is 0 Å². The van der Waals surface area contributed by atoms with E-state index in [1.165, 1.54) is 29.8 Å². The second-order valence-corrected chi connectivity index (χ2v) is 5.67. The van der Waals surface area contributed by atoms with Crippen molar-refractivity contribution in [1.29, 1.82) is 0 Å². The minimum Gasteiger partial charge on any atom is -0.356 e. The van der Waals surface area contributed by atoms with Crippen LogP contribution in [0.15, 0.2) is 12.3 Å². The highest BCUT2D eigenvalue weighted by Crippen LogP contribution is 2.26. The second-order valence-electron chi connectivity index (χ2n) is 5.67. The number of nitrogens with zero attached hydrogens (tertiary/aromatic N) is 2. The van der Waals surface area contributed by atoms with Crippen LogP contribution in [-0.4, -0.2) is 24.1 Å². The van der Waals surface area contributed by atoms with Crippen LogP contribution in [0.4, 0.5) is 5.82 Å². The van der Waals surface area contributed by atoms with Crippen LogP contribution < -0.4 is 10.6 Å².